The monoisotopic (exact) mass is 479 g/mol. The van der Waals surface area contributed by atoms with Crippen molar-refractivity contribution in [2.75, 3.05) is 4.90 Å². The van der Waals surface area contributed by atoms with Crippen molar-refractivity contribution < 1.29 is 26.3 Å². The molecule has 0 bridgehead atoms. The van der Waals surface area contributed by atoms with Gasteiger partial charge in [-0.25, -0.2) is 4.99 Å². The summed E-state index contributed by atoms with van der Waals surface area (Å²) < 4.78 is 81.9. The van der Waals surface area contributed by atoms with Crippen LogP contribution in [0.15, 0.2) is 58.7 Å². The SMILES string of the molecule is NC1=NC(c2ccccc2C(F)(F)F)N(c2n[nH]c3ccc(C(F)(F)F)cc23)C2=C1CCCC2. The molecule has 2 aliphatic rings. The molecule has 34 heavy (non-hydrogen) atoms. The normalized spacial score (nSPS) is 19.4. The number of nitrogens with zero attached hydrogens (tertiary/aromatic N) is 3. The number of fused-ring (bicyclic) bond motifs is 1. The van der Waals surface area contributed by atoms with Gasteiger partial charge in [0.25, 0.3) is 0 Å². The number of nitrogens with two attached hydrogens (primary N) is 1. The molecule has 0 saturated carbocycles. The van der Waals surface area contributed by atoms with E-state index in [4.69, 9.17) is 5.73 Å². The van der Waals surface area contributed by atoms with E-state index in [2.05, 4.69) is 15.2 Å². The van der Waals surface area contributed by atoms with Crippen LogP contribution < -0.4 is 10.6 Å². The van der Waals surface area contributed by atoms with Crippen LogP contribution in [0.4, 0.5) is 32.2 Å². The van der Waals surface area contributed by atoms with Crippen LogP contribution in [0.1, 0.15) is 48.5 Å². The zero-order valence-corrected chi connectivity index (χ0v) is 17.6. The van der Waals surface area contributed by atoms with Gasteiger partial charge in [-0.2, -0.15) is 31.4 Å². The minimum atomic E-state index is -4.66. The average Bonchev–Trinajstić information content (AvgIpc) is 3.21. The Morgan fingerprint density at radius 1 is 0.941 bits per heavy atom. The van der Waals surface area contributed by atoms with Gasteiger partial charge < -0.3 is 10.6 Å². The molecule has 0 saturated heterocycles. The molecule has 1 aliphatic carbocycles. The molecule has 3 aromatic rings. The number of aromatic nitrogens is 2. The lowest BCUT2D eigenvalue weighted by atomic mass is 9.91. The Balaban J connectivity index is 1.76. The van der Waals surface area contributed by atoms with E-state index in [1.165, 1.54) is 29.2 Å². The number of hydrogen-bond donors (Lipinski definition) is 2. The summed E-state index contributed by atoms with van der Waals surface area (Å²) in [7, 11) is 0. The lowest BCUT2D eigenvalue weighted by Gasteiger charge is -2.39. The van der Waals surface area contributed by atoms with Gasteiger partial charge in [0.05, 0.1) is 16.6 Å². The first kappa shape index (κ1) is 22.3. The number of rotatable bonds is 2. The van der Waals surface area contributed by atoms with E-state index in [0.29, 0.717) is 29.6 Å². The van der Waals surface area contributed by atoms with Crippen LogP contribution in [0.2, 0.25) is 0 Å². The Labute approximate surface area is 190 Å². The second-order valence-electron chi connectivity index (χ2n) is 8.28. The molecule has 0 spiro atoms. The summed E-state index contributed by atoms with van der Waals surface area (Å²) in [6.45, 7) is 0. The van der Waals surface area contributed by atoms with Crippen molar-refractivity contribution in [1.82, 2.24) is 10.2 Å². The molecule has 0 amide bonds. The number of H-pyrrole nitrogens is 1. The number of amidine groups is 1. The van der Waals surface area contributed by atoms with Crippen LogP contribution in [-0.2, 0) is 12.4 Å². The molecule has 1 aromatic heterocycles. The second kappa shape index (κ2) is 7.78. The van der Waals surface area contributed by atoms with Crippen LogP contribution >= 0.6 is 0 Å². The molecule has 2 aromatic carbocycles. The van der Waals surface area contributed by atoms with Crippen LogP contribution in [0.5, 0.6) is 0 Å². The summed E-state index contributed by atoms with van der Waals surface area (Å²) in [4.78, 5) is 5.92. The summed E-state index contributed by atoms with van der Waals surface area (Å²) >= 11 is 0. The fourth-order valence-electron chi connectivity index (χ4n) is 4.64. The van der Waals surface area contributed by atoms with Gasteiger partial charge in [0.2, 0.25) is 0 Å². The summed E-state index contributed by atoms with van der Waals surface area (Å²) in [5.74, 6) is 0.220. The Morgan fingerprint density at radius 2 is 1.68 bits per heavy atom. The van der Waals surface area contributed by atoms with Crippen molar-refractivity contribution in [2.24, 2.45) is 10.7 Å². The van der Waals surface area contributed by atoms with Gasteiger partial charge in [0.1, 0.15) is 5.84 Å². The van der Waals surface area contributed by atoms with Crippen molar-refractivity contribution in [2.45, 2.75) is 44.2 Å². The van der Waals surface area contributed by atoms with Gasteiger partial charge in [0, 0.05) is 22.2 Å². The Bertz CT molecular complexity index is 1320. The quantitative estimate of drug-likeness (QED) is 0.424. The number of halogens is 6. The first-order valence-electron chi connectivity index (χ1n) is 10.6. The molecule has 178 valence electrons. The Morgan fingerprint density at radius 3 is 2.41 bits per heavy atom. The van der Waals surface area contributed by atoms with Crippen molar-refractivity contribution >= 4 is 22.6 Å². The predicted molar refractivity (Wildman–Crippen MR) is 115 cm³/mol. The number of hydrogen-bond acceptors (Lipinski definition) is 4. The van der Waals surface area contributed by atoms with Crippen molar-refractivity contribution in [1.29, 1.82) is 0 Å². The minimum absolute atomic E-state index is 0.0775. The largest absolute Gasteiger partial charge is 0.416 e. The fourth-order valence-corrected chi connectivity index (χ4v) is 4.64. The van der Waals surface area contributed by atoms with Crippen LogP contribution in [0.3, 0.4) is 0 Å². The van der Waals surface area contributed by atoms with Gasteiger partial charge in [-0.3, -0.25) is 5.10 Å². The lowest BCUT2D eigenvalue weighted by molar-refractivity contribution is -0.138. The standard InChI is InChI=1S/C23H19F6N5/c24-22(25,26)12-9-10-17-15(11-12)21(33-32-17)34-18-8-4-2-6-14(18)19(30)31-20(34)13-5-1-3-7-16(13)23(27,28)29/h1,3,5,7,9-11,20H,2,4,6,8H2,(H2,30,31)(H,32,33). The van der Waals surface area contributed by atoms with Gasteiger partial charge in [-0.1, -0.05) is 18.2 Å². The number of nitrogens with one attached hydrogen (secondary N) is 1. The maximum absolute atomic E-state index is 13.9. The molecule has 0 radical (unpaired) electrons. The molecule has 1 aliphatic heterocycles. The van der Waals surface area contributed by atoms with E-state index in [1.54, 1.807) is 0 Å². The van der Waals surface area contributed by atoms with E-state index >= 15 is 0 Å². The van der Waals surface area contributed by atoms with Crippen molar-refractivity contribution in [3.8, 4) is 0 Å². The highest BCUT2D eigenvalue weighted by atomic mass is 19.4. The van der Waals surface area contributed by atoms with E-state index in [0.717, 1.165) is 31.0 Å². The molecular weight excluding hydrogens is 460 g/mol. The second-order valence-corrected chi connectivity index (χ2v) is 8.28. The summed E-state index contributed by atoms with van der Waals surface area (Å²) in [5, 5.41) is 7.07. The molecule has 0 fully saturated rings. The van der Waals surface area contributed by atoms with E-state index in [-0.39, 0.29) is 22.6 Å². The van der Waals surface area contributed by atoms with Crippen LogP contribution in [-0.4, -0.2) is 16.0 Å². The lowest BCUT2D eigenvalue weighted by Crippen LogP contribution is -2.38. The topological polar surface area (TPSA) is 70.3 Å². The number of aromatic amines is 1. The highest BCUT2D eigenvalue weighted by Crippen LogP contribution is 2.46. The third-order valence-corrected chi connectivity index (χ3v) is 6.19. The number of benzene rings is 2. The molecule has 1 atom stereocenters. The zero-order valence-electron chi connectivity index (χ0n) is 17.6. The van der Waals surface area contributed by atoms with Gasteiger partial charge >= 0.3 is 12.4 Å². The molecule has 3 N–H and O–H groups in total. The summed E-state index contributed by atoms with van der Waals surface area (Å²) in [6, 6.07) is 8.13. The average molecular weight is 479 g/mol. The maximum atomic E-state index is 13.9. The van der Waals surface area contributed by atoms with Crippen molar-refractivity contribution in [3.63, 3.8) is 0 Å². The number of aliphatic imine (C=N–C) groups is 1. The molecule has 11 heteroatoms. The summed E-state index contributed by atoms with van der Waals surface area (Å²) in [5.41, 5.74) is 5.91. The Hall–Kier alpha value is -3.50. The molecular formula is C23H19F6N5. The minimum Gasteiger partial charge on any atom is -0.384 e. The number of allylic oxidation sites excluding steroid dienone is 1. The van der Waals surface area contributed by atoms with Crippen LogP contribution in [0, 0.1) is 0 Å². The van der Waals surface area contributed by atoms with Gasteiger partial charge in [-0.15, -0.1) is 0 Å². The fraction of sp³-hybridized carbons (Fsp3) is 0.304. The molecule has 1 unspecified atom stereocenters. The zero-order chi connectivity index (χ0) is 24.3. The van der Waals surface area contributed by atoms with Crippen LogP contribution in [0.25, 0.3) is 10.9 Å². The molecule has 5 rings (SSSR count). The van der Waals surface area contributed by atoms with Crippen molar-refractivity contribution in [3.05, 3.63) is 70.4 Å². The predicted octanol–water partition coefficient (Wildman–Crippen LogP) is 6.30. The number of anilines is 1. The van der Waals surface area contributed by atoms with Gasteiger partial charge in [-0.05, 0) is 49.9 Å². The smallest absolute Gasteiger partial charge is 0.384 e. The van der Waals surface area contributed by atoms with E-state index in [1.807, 2.05) is 0 Å². The first-order valence-corrected chi connectivity index (χ1v) is 10.6. The first-order chi connectivity index (χ1) is 16.1. The van der Waals surface area contributed by atoms with Gasteiger partial charge in [0.15, 0.2) is 12.0 Å². The van der Waals surface area contributed by atoms with E-state index < -0.39 is 29.6 Å². The highest BCUT2D eigenvalue weighted by molar-refractivity contribution is 6.01. The third kappa shape index (κ3) is 3.68. The molecule has 5 nitrogen and oxygen atoms in total. The summed E-state index contributed by atoms with van der Waals surface area (Å²) in [6.07, 6.45) is -7.85. The number of alkyl halides is 6. The Kier molecular flexibility index (Phi) is 5.10. The molecule has 2 heterocycles. The third-order valence-electron chi connectivity index (χ3n) is 6.19. The highest BCUT2D eigenvalue weighted by Gasteiger charge is 2.41. The van der Waals surface area contributed by atoms with E-state index in [9.17, 15) is 26.3 Å². The maximum Gasteiger partial charge on any atom is 0.416 e.